The molecule has 0 aliphatic carbocycles. The van der Waals surface area contributed by atoms with E-state index in [4.69, 9.17) is 9.47 Å². The molecule has 2 aromatic rings. The van der Waals surface area contributed by atoms with Crippen LogP contribution in [0, 0.1) is 0 Å². The van der Waals surface area contributed by atoms with Gasteiger partial charge in [-0.25, -0.2) is 5.43 Å². The average Bonchev–Trinajstić information content (AvgIpc) is 2.58. The normalized spacial score (nSPS) is 11.1. The Labute approximate surface area is 157 Å². The molecule has 0 aliphatic heterocycles. The summed E-state index contributed by atoms with van der Waals surface area (Å²) in [6.07, 6.45) is 0. The van der Waals surface area contributed by atoms with Crippen molar-refractivity contribution in [1.82, 2.24) is 5.43 Å². The fraction of sp³-hybridized carbons (Fsp3) is 0.176. The highest BCUT2D eigenvalue weighted by Crippen LogP contribution is 2.38. The number of rotatable bonds is 6. The molecule has 0 unspecified atom stereocenters. The zero-order valence-electron chi connectivity index (χ0n) is 13.2. The molecule has 0 heterocycles. The highest BCUT2D eigenvalue weighted by molar-refractivity contribution is 9.11. The van der Waals surface area contributed by atoms with Crippen LogP contribution in [-0.4, -0.2) is 25.3 Å². The van der Waals surface area contributed by atoms with Crippen molar-refractivity contribution in [2.75, 3.05) is 13.7 Å². The maximum Gasteiger partial charge on any atom is 0.277 e. The molecule has 0 atom stereocenters. The van der Waals surface area contributed by atoms with Gasteiger partial charge in [-0.3, -0.25) is 4.79 Å². The fourth-order valence-corrected chi connectivity index (χ4v) is 3.19. The Kier molecular flexibility index (Phi) is 6.81. The van der Waals surface area contributed by atoms with E-state index in [0.29, 0.717) is 21.7 Å². The first-order valence-corrected chi connectivity index (χ1v) is 8.64. The Morgan fingerprint density at radius 3 is 2.58 bits per heavy atom. The average molecular weight is 456 g/mol. The lowest BCUT2D eigenvalue weighted by Crippen LogP contribution is -2.25. The summed E-state index contributed by atoms with van der Waals surface area (Å²) in [5, 5.41) is 4.07. The van der Waals surface area contributed by atoms with Crippen LogP contribution in [0.1, 0.15) is 12.5 Å². The van der Waals surface area contributed by atoms with E-state index in [1.807, 2.05) is 43.3 Å². The maximum atomic E-state index is 11.9. The summed E-state index contributed by atoms with van der Waals surface area (Å²) in [6.45, 7) is 1.65. The Bertz CT molecular complexity index is 749. The molecule has 0 spiro atoms. The molecule has 0 saturated carbocycles. The third-order valence-corrected chi connectivity index (χ3v) is 4.13. The van der Waals surface area contributed by atoms with Crippen LogP contribution in [0.25, 0.3) is 0 Å². The Morgan fingerprint density at radius 1 is 1.21 bits per heavy atom. The number of amides is 1. The van der Waals surface area contributed by atoms with E-state index in [1.54, 1.807) is 6.07 Å². The van der Waals surface area contributed by atoms with Crippen LogP contribution in [0.3, 0.4) is 0 Å². The van der Waals surface area contributed by atoms with Crippen LogP contribution >= 0.6 is 31.9 Å². The number of methoxy groups -OCH3 is 1. The minimum absolute atomic E-state index is 0.178. The summed E-state index contributed by atoms with van der Waals surface area (Å²) in [6, 6.07) is 13.2. The topological polar surface area (TPSA) is 59.9 Å². The first kappa shape index (κ1) is 18.5. The van der Waals surface area contributed by atoms with Gasteiger partial charge in [-0.05, 0) is 40.5 Å². The van der Waals surface area contributed by atoms with Crippen LogP contribution < -0.4 is 14.9 Å². The molecule has 5 nitrogen and oxygen atoms in total. The van der Waals surface area contributed by atoms with Gasteiger partial charge < -0.3 is 9.47 Å². The largest absolute Gasteiger partial charge is 0.493 e. The summed E-state index contributed by atoms with van der Waals surface area (Å²) in [7, 11) is 1.54. The Balaban J connectivity index is 1.97. The zero-order valence-corrected chi connectivity index (χ0v) is 16.3. The molecular weight excluding hydrogens is 440 g/mol. The van der Waals surface area contributed by atoms with E-state index in [0.717, 1.165) is 10.0 Å². The molecule has 1 N–H and O–H groups in total. The lowest BCUT2D eigenvalue weighted by molar-refractivity contribution is -0.123. The molecule has 0 fully saturated rings. The molecule has 24 heavy (non-hydrogen) atoms. The van der Waals surface area contributed by atoms with Crippen molar-refractivity contribution in [2.45, 2.75) is 6.92 Å². The fourth-order valence-electron chi connectivity index (χ4n) is 1.89. The third kappa shape index (κ3) is 5.07. The second kappa shape index (κ2) is 8.84. The molecule has 0 saturated heterocycles. The Hall–Kier alpha value is -1.86. The van der Waals surface area contributed by atoms with Crippen LogP contribution in [0.5, 0.6) is 11.5 Å². The lowest BCUT2D eigenvalue weighted by Gasteiger charge is -2.12. The van der Waals surface area contributed by atoms with Crippen LogP contribution in [0.4, 0.5) is 0 Å². The van der Waals surface area contributed by atoms with Crippen molar-refractivity contribution in [3.63, 3.8) is 0 Å². The van der Waals surface area contributed by atoms with Gasteiger partial charge in [0.15, 0.2) is 18.1 Å². The van der Waals surface area contributed by atoms with Gasteiger partial charge in [0.1, 0.15) is 0 Å². The lowest BCUT2D eigenvalue weighted by atomic mass is 10.1. The smallest absolute Gasteiger partial charge is 0.277 e. The number of benzene rings is 2. The van der Waals surface area contributed by atoms with Gasteiger partial charge in [0.25, 0.3) is 5.91 Å². The maximum absolute atomic E-state index is 11.9. The third-order valence-electron chi connectivity index (χ3n) is 3.08. The number of hydrogen-bond acceptors (Lipinski definition) is 4. The van der Waals surface area contributed by atoms with Crippen molar-refractivity contribution < 1.29 is 14.3 Å². The van der Waals surface area contributed by atoms with E-state index in [9.17, 15) is 4.79 Å². The molecule has 0 aromatic heterocycles. The van der Waals surface area contributed by atoms with Crippen molar-refractivity contribution in [1.29, 1.82) is 0 Å². The van der Waals surface area contributed by atoms with Gasteiger partial charge >= 0.3 is 0 Å². The molecule has 1 amide bonds. The Morgan fingerprint density at radius 2 is 1.92 bits per heavy atom. The van der Waals surface area contributed by atoms with Gasteiger partial charge in [0.2, 0.25) is 0 Å². The van der Waals surface area contributed by atoms with E-state index >= 15 is 0 Å². The number of carbonyl (C=O) groups excluding carboxylic acids is 1. The number of hydrogen-bond donors (Lipinski definition) is 1. The van der Waals surface area contributed by atoms with Crippen LogP contribution in [-0.2, 0) is 4.79 Å². The predicted molar refractivity (Wildman–Crippen MR) is 101 cm³/mol. The first-order valence-electron chi connectivity index (χ1n) is 7.05. The SMILES string of the molecule is COc1cc(Br)cc(Br)c1OCC(=O)N/N=C(/C)c1ccccc1. The number of carbonyl (C=O) groups is 1. The number of nitrogens with zero attached hydrogens (tertiary/aromatic N) is 1. The van der Waals surface area contributed by atoms with Gasteiger partial charge in [0.05, 0.1) is 17.3 Å². The van der Waals surface area contributed by atoms with Crippen molar-refractivity contribution in [2.24, 2.45) is 5.10 Å². The van der Waals surface area contributed by atoms with E-state index in [2.05, 4.69) is 42.4 Å². The molecule has 2 rings (SSSR count). The van der Waals surface area contributed by atoms with Gasteiger partial charge in [-0.15, -0.1) is 0 Å². The minimum Gasteiger partial charge on any atom is -0.493 e. The van der Waals surface area contributed by atoms with Crippen molar-refractivity contribution in [3.05, 3.63) is 57.0 Å². The standard InChI is InChI=1S/C17H16Br2N2O3/c1-11(12-6-4-3-5-7-12)20-21-16(22)10-24-17-14(19)8-13(18)9-15(17)23-2/h3-9H,10H2,1-2H3,(H,21,22)/b20-11-. The summed E-state index contributed by atoms with van der Waals surface area (Å²) in [5.74, 6) is 0.620. The summed E-state index contributed by atoms with van der Waals surface area (Å²) in [4.78, 5) is 11.9. The molecular formula is C17H16Br2N2O3. The van der Waals surface area contributed by atoms with Gasteiger partial charge in [-0.2, -0.15) is 5.10 Å². The quantitative estimate of drug-likeness (QED) is 0.526. The summed E-state index contributed by atoms with van der Waals surface area (Å²) in [5.41, 5.74) is 4.13. The van der Waals surface area contributed by atoms with Crippen LogP contribution in [0.2, 0.25) is 0 Å². The highest BCUT2D eigenvalue weighted by Gasteiger charge is 2.12. The van der Waals surface area contributed by atoms with E-state index < -0.39 is 0 Å². The number of halogens is 2. The van der Waals surface area contributed by atoms with Crippen molar-refractivity contribution >= 4 is 43.5 Å². The summed E-state index contributed by atoms with van der Waals surface area (Å²) < 4.78 is 12.3. The van der Waals surface area contributed by atoms with Crippen molar-refractivity contribution in [3.8, 4) is 11.5 Å². The molecule has 2 aromatic carbocycles. The van der Waals surface area contributed by atoms with Crippen LogP contribution in [0.15, 0.2) is 56.5 Å². The minimum atomic E-state index is -0.359. The molecule has 0 radical (unpaired) electrons. The predicted octanol–water partition coefficient (Wildman–Crippen LogP) is 4.14. The molecule has 126 valence electrons. The number of hydrazone groups is 1. The molecule has 7 heteroatoms. The molecule has 0 aliphatic rings. The monoisotopic (exact) mass is 454 g/mol. The van der Waals surface area contributed by atoms with Gasteiger partial charge in [0, 0.05) is 4.47 Å². The first-order chi connectivity index (χ1) is 11.5. The van der Waals surface area contributed by atoms with E-state index in [-0.39, 0.29) is 12.5 Å². The second-order valence-corrected chi connectivity index (χ2v) is 6.58. The number of ether oxygens (including phenoxy) is 2. The van der Waals surface area contributed by atoms with E-state index in [1.165, 1.54) is 7.11 Å². The second-order valence-electron chi connectivity index (χ2n) is 4.81. The zero-order chi connectivity index (χ0) is 17.5. The molecule has 0 bridgehead atoms. The highest BCUT2D eigenvalue weighted by atomic mass is 79.9. The number of nitrogens with one attached hydrogen (secondary N) is 1. The summed E-state index contributed by atoms with van der Waals surface area (Å²) >= 11 is 6.76. The van der Waals surface area contributed by atoms with Gasteiger partial charge in [-0.1, -0.05) is 46.3 Å².